The lowest BCUT2D eigenvalue weighted by Crippen LogP contribution is -2.36. The van der Waals surface area contributed by atoms with E-state index < -0.39 is 5.66 Å². The van der Waals surface area contributed by atoms with Gasteiger partial charge in [0, 0.05) is 18.8 Å². The second-order valence-electron chi connectivity index (χ2n) is 8.63. The Bertz CT molecular complexity index is 1730. The van der Waals surface area contributed by atoms with Crippen LogP contribution in [0.3, 0.4) is 0 Å². The lowest BCUT2D eigenvalue weighted by Gasteiger charge is -2.21. The predicted octanol–water partition coefficient (Wildman–Crippen LogP) is 4.31. The van der Waals surface area contributed by atoms with Gasteiger partial charge in [-0.3, -0.25) is 14.0 Å². The van der Waals surface area contributed by atoms with Crippen LogP contribution in [0.5, 0.6) is 0 Å². The fraction of sp³-hybridized carbons (Fsp3) is 0.111. The van der Waals surface area contributed by atoms with Gasteiger partial charge in [-0.15, -0.1) is 0 Å². The van der Waals surface area contributed by atoms with Crippen molar-refractivity contribution in [3.8, 4) is 22.9 Å². The third kappa shape index (κ3) is 3.09. The number of aryl methyl sites for hydroxylation is 1. The maximum Gasteiger partial charge on any atom is 0.265 e. The minimum atomic E-state index is -1.13. The maximum absolute atomic E-state index is 13.3. The van der Waals surface area contributed by atoms with Crippen molar-refractivity contribution in [3.63, 3.8) is 0 Å². The molecule has 0 saturated heterocycles. The first-order chi connectivity index (χ1) is 17.0. The van der Waals surface area contributed by atoms with E-state index in [0.717, 1.165) is 39.3 Å². The third-order valence-electron chi connectivity index (χ3n) is 6.53. The number of benzene rings is 3. The van der Waals surface area contributed by atoms with E-state index in [0.29, 0.717) is 10.9 Å². The van der Waals surface area contributed by atoms with E-state index in [1.165, 1.54) is 0 Å². The zero-order valence-corrected chi connectivity index (χ0v) is 19.1. The molecule has 1 aliphatic rings. The lowest BCUT2D eigenvalue weighted by molar-refractivity contribution is 0.741. The fourth-order valence-electron chi connectivity index (χ4n) is 4.73. The van der Waals surface area contributed by atoms with Crippen molar-refractivity contribution in [1.82, 2.24) is 19.3 Å². The van der Waals surface area contributed by atoms with Crippen molar-refractivity contribution in [2.24, 2.45) is 7.05 Å². The van der Waals surface area contributed by atoms with Crippen LogP contribution in [0.2, 0.25) is 0 Å². The van der Waals surface area contributed by atoms with Crippen molar-refractivity contribution in [1.29, 1.82) is 5.26 Å². The summed E-state index contributed by atoms with van der Waals surface area (Å²) in [5.41, 5.74) is 5.36. The van der Waals surface area contributed by atoms with E-state index >= 15 is 0 Å². The van der Waals surface area contributed by atoms with Gasteiger partial charge in [-0.2, -0.15) is 10.4 Å². The number of nitrogens with one attached hydrogen (secondary N) is 2. The first kappa shape index (κ1) is 20.7. The molecule has 0 saturated carbocycles. The molecule has 1 aliphatic heterocycles. The Balaban J connectivity index is 1.49. The number of para-hydroxylation sites is 2. The van der Waals surface area contributed by atoms with Gasteiger partial charge in [0.25, 0.3) is 5.56 Å². The number of hydrogen-bond donors (Lipinski definition) is 2. The van der Waals surface area contributed by atoms with E-state index in [2.05, 4.69) is 26.8 Å². The fourth-order valence-corrected chi connectivity index (χ4v) is 4.73. The third-order valence-corrected chi connectivity index (χ3v) is 6.53. The van der Waals surface area contributed by atoms with Crippen LogP contribution >= 0.6 is 0 Å². The highest BCUT2D eigenvalue weighted by atomic mass is 16.1. The van der Waals surface area contributed by atoms with Gasteiger partial charge in [0.2, 0.25) is 5.66 Å². The minimum Gasteiger partial charge on any atom is -0.345 e. The van der Waals surface area contributed by atoms with Crippen LogP contribution in [0.4, 0.5) is 11.4 Å². The number of fused-ring (bicyclic) bond motifs is 2. The second-order valence-corrected chi connectivity index (χ2v) is 8.63. The number of nitriles is 1. The highest BCUT2D eigenvalue weighted by Crippen LogP contribution is 2.45. The zero-order chi connectivity index (χ0) is 24.2. The molecule has 0 fully saturated rings. The molecule has 8 nitrogen and oxygen atoms in total. The summed E-state index contributed by atoms with van der Waals surface area (Å²) in [4.78, 5) is 17.7. The Morgan fingerprint density at radius 2 is 1.80 bits per heavy atom. The van der Waals surface area contributed by atoms with Gasteiger partial charge < -0.3 is 10.6 Å². The van der Waals surface area contributed by atoms with Crippen molar-refractivity contribution in [3.05, 3.63) is 101 Å². The maximum atomic E-state index is 13.3. The van der Waals surface area contributed by atoms with E-state index in [4.69, 9.17) is 0 Å². The summed E-state index contributed by atoms with van der Waals surface area (Å²) in [5, 5.41) is 21.7. The highest BCUT2D eigenvalue weighted by Gasteiger charge is 2.40. The van der Waals surface area contributed by atoms with Crippen molar-refractivity contribution in [2.45, 2.75) is 12.6 Å². The number of aromatic nitrogens is 4. The van der Waals surface area contributed by atoms with Crippen molar-refractivity contribution >= 4 is 22.3 Å². The quantitative estimate of drug-likeness (QED) is 0.417. The van der Waals surface area contributed by atoms with E-state index in [1.54, 1.807) is 27.8 Å². The van der Waals surface area contributed by atoms with Gasteiger partial charge in [-0.05, 0) is 42.3 Å². The lowest BCUT2D eigenvalue weighted by atomic mass is 9.97. The Kier molecular flexibility index (Phi) is 4.47. The molecule has 3 heterocycles. The number of nitrogens with zero attached hydrogens (tertiary/aromatic N) is 5. The second kappa shape index (κ2) is 7.57. The Morgan fingerprint density at radius 3 is 2.60 bits per heavy atom. The molecule has 2 aromatic heterocycles. The largest absolute Gasteiger partial charge is 0.345 e. The Hall–Kier alpha value is -4.90. The first-order valence-electron chi connectivity index (χ1n) is 11.2. The molecular weight excluding hydrogens is 438 g/mol. The van der Waals surface area contributed by atoms with E-state index in [9.17, 15) is 10.1 Å². The molecule has 0 bridgehead atoms. The number of rotatable bonds is 3. The van der Waals surface area contributed by atoms with Crippen LogP contribution < -0.4 is 16.2 Å². The summed E-state index contributed by atoms with van der Waals surface area (Å²) in [7, 11) is 1.82. The average molecular weight is 460 g/mol. The molecule has 3 aromatic carbocycles. The molecule has 35 heavy (non-hydrogen) atoms. The summed E-state index contributed by atoms with van der Waals surface area (Å²) >= 11 is 0. The summed E-state index contributed by atoms with van der Waals surface area (Å²) < 4.78 is 3.26. The Morgan fingerprint density at radius 1 is 1.00 bits per heavy atom. The summed E-state index contributed by atoms with van der Waals surface area (Å²) in [6.45, 7) is 1.99. The molecule has 1 atom stereocenters. The van der Waals surface area contributed by atoms with Crippen molar-refractivity contribution in [2.75, 3.05) is 10.6 Å². The van der Waals surface area contributed by atoms with E-state index in [-0.39, 0.29) is 5.56 Å². The van der Waals surface area contributed by atoms with Gasteiger partial charge in [0.15, 0.2) is 0 Å². The molecular formula is C27H21N7O. The summed E-state index contributed by atoms with van der Waals surface area (Å²) in [6, 6.07) is 21.5. The minimum absolute atomic E-state index is 0.117. The van der Waals surface area contributed by atoms with Gasteiger partial charge in [0.1, 0.15) is 12.4 Å². The van der Waals surface area contributed by atoms with Crippen molar-refractivity contribution < 1.29 is 0 Å². The van der Waals surface area contributed by atoms with Gasteiger partial charge in [-0.25, -0.2) is 4.98 Å². The molecule has 2 N–H and O–H groups in total. The van der Waals surface area contributed by atoms with E-state index in [1.807, 2.05) is 74.8 Å². The van der Waals surface area contributed by atoms with Crippen LogP contribution in [-0.4, -0.2) is 19.3 Å². The average Bonchev–Trinajstić information content (AvgIpc) is 3.49. The van der Waals surface area contributed by atoms with Crippen LogP contribution in [0, 0.1) is 18.3 Å². The molecule has 0 radical (unpaired) electrons. The zero-order valence-electron chi connectivity index (χ0n) is 19.1. The highest BCUT2D eigenvalue weighted by molar-refractivity contribution is 5.93. The van der Waals surface area contributed by atoms with Crippen LogP contribution in [0.15, 0.2) is 84.2 Å². The number of anilines is 2. The number of hydrogen-bond acceptors (Lipinski definition) is 6. The Labute approximate surface area is 201 Å². The molecule has 6 rings (SSSR count). The molecule has 1 unspecified atom stereocenters. The molecule has 0 amide bonds. The molecule has 0 aliphatic carbocycles. The molecule has 0 spiro atoms. The van der Waals surface area contributed by atoms with Crippen LogP contribution in [0.25, 0.3) is 27.7 Å². The monoisotopic (exact) mass is 459 g/mol. The van der Waals surface area contributed by atoms with Gasteiger partial charge in [-0.1, -0.05) is 36.4 Å². The first-order valence-corrected chi connectivity index (χ1v) is 11.2. The molecule has 170 valence electrons. The normalized spacial score (nSPS) is 16.4. The standard InChI is InChI=1S/C27H21N7O/c1-17-19(8-6-12-24(17)34-16-29-22-10-4-3-7-21(22)26(34)35)20-9-5-11-23-25(20)32-27(15-28,31-23)18-13-30-33(2)14-18/h3-14,16,31-32H,1-2H3. The van der Waals surface area contributed by atoms with Crippen LogP contribution in [-0.2, 0) is 12.7 Å². The predicted molar refractivity (Wildman–Crippen MR) is 135 cm³/mol. The summed E-state index contributed by atoms with van der Waals surface area (Å²) in [6.07, 6.45) is 5.08. The van der Waals surface area contributed by atoms with Gasteiger partial charge >= 0.3 is 0 Å². The topological polar surface area (TPSA) is 101 Å². The molecule has 5 aromatic rings. The molecule has 8 heteroatoms. The van der Waals surface area contributed by atoms with Crippen LogP contribution in [0.1, 0.15) is 11.1 Å². The SMILES string of the molecule is Cc1c(-c2cccc3c2NC(C#N)(c2cnn(C)c2)N3)cccc1-n1cnc2ccccc2c1=O. The van der Waals surface area contributed by atoms with Gasteiger partial charge in [0.05, 0.1) is 39.7 Å². The smallest absolute Gasteiger partial charge is 0.265 e. The summed E-state index contributed by atoms with van der Waals surface area (Å²) in [5.74, 6) is 0.